The lowest BCUT2D eigenvalue weighted by molar-refractivity contribution is 0.0922. The van der Waals surface area contributed by atoms with Gasteiger partial charge in [0.25, 0.3) is 5.91 Å². The number of aromatic nitrogens is 1. The molecule has 0 atom stereocenters. The van der Waals surface area contributed by atoms with Crippen LogP contribution in [-0.4, -0.2) is 23.5 Å². The molecule has 0 spiro atoms. The number of rotatable bonds is 5. The molecule has 0 radical (unpaired) electrons. The van der Waals surface area contributed by atoms with Crippen molar-refractivity contribution in [2.75, 3.05) is 11.9 Å². The van der Waals surface area contributed by atoms with Crippen molar-refractivity contribution in [1.82, 2.24) is 10.3 Å². The second-order valence-corrected chi connectivity index (χ2v) is 6.02. The number of nitrogens with zero attached hydrogens (tertiary/aromatic N) is 1. The van der Waals surface area contributed by atoms with Crippen molar-refractivity contribution in [3.05, 3.63) is 24.0 Å². The van der Waals surface area contributed by atoms with Gasteiger partial charge in [-0.3, -0.25) is 4.79 Å². The molecule has 20 heavy (non-hydrogen) atoms. The number of hydrogen-bond donors (Lipinski definition) is 2. The zero-order valence-corrected chi connectivity index (χ0v) is 12.5. The molecule has 1 heterocycles. The Bertz CT molecular complexity index is 422. The predicted molar refractivity (Wildman–Crippen MR) is 81.9 cm³/mol. The van der Waals surface area contributed by atoms with E-state index in [1.165, 1.54) is 19.3 Å². The molecule has 2 rings (SSSR count). The summed E-state index contributed by atoms with van der Waals surface area (Å²) in [6, 6.07) is 4.04. The lowest BCUT2D eigenvalue weighted by atomic mass is 9.95. The third kappa shape index (κ3) is 4.51. The van der Waals surface area contributed by atoms with Gasteiger partial charge in [0.05, 0.1) is 11.9 Å². The third-order valence-corrected chi connectivity index (χ3v) is 3.65. The molecule has 110 valence electrons. The van der Waals surface area contributed by atoms with Crippen LogP contribution in [0.1, 0.15) is 56.4 Å². The van der Waals surface area contributed by atoms with Gasteiger partial charge >= 0.3 is 0 Å². The van der Waals surface area contributed by atoms with Gasteiger partial charge in [-0.15, -0.1) is 0 Å². The summed E-state index contributed by atoms with van der Waals surface area (Å²) < 4.78 is 0. The molecule has 1 saturated carbocycles. The van der Waals surface area contributed by atoms with Crippen molar-refractivity contribution in [1.29, 1.82) is 0 Å². The van der Waals surface area contributed by atoms with Gasteiger partial charge < -0.3 is 10.6 Å². The minimum Gasteiger partial charge on any atom is -0.384 e. The smallest absolute Gasteiger partial charge is 0.270 e. The fraction of sp³-hybridized carbons (Fsp3) is 0.625. The van der Waals surface area contributed by atoms with Gasteiger partial charge in [-0.05, 0) is 30.9 Å². The van der Waals surface area contributed by atoms with Crippen LogP contribution in [-0.2, 0) is 0 Å². The van der Waals surface area contributed by atoms with E-state index in [2.05, 4.69) is 29.5 Å². The van der Waals surface area contributed by atoms with Crippen LogP contribution in [0.3, 0.4) is 0 Å². The summed E-state index contributed by atoms with van der Waals surface area (Å²) in [5, 5.41) is 6.38. The number of nitrogens with one attached hydrogen (secondary N) is 2. The summed E-state index contributed by atoms with van der Waals surface area (Å²) in [7, 11) is 0. The molecule has 1 aliphatic rings. The summed E-state index contributed by atoms with van der Waals surface area (Å²) in [6.45, 7) is 5.23. The van der Waals surface area contributed by atoms with Crippen molar-refractivity contribution in [3.63, 3.8) is 0 Å². The van der Waals surface area contributed by atoms with Gasteiger partial charge in [0.1, 0.15) is 5.69 Å². The minimum atomic E-state index is -0.0488. The molecule has 0 saturated heterocycles. The first-order chi connectivity index (χ1) is 9.65. The van der Waals surface area contributed by atoms with Crippen LogP contribution < -0.4 is 10.6 Å². The Labute approximate surface area is 121 Å². The third-order valence-electron chi connectivity index (χ3n) is 3.65. The molecule has 2 N–H and O–H groups in total. The highest BCUT2D eigenvalue weighted by Gasteiger charge is 2.17. The zero-order chi connectivity index (χ0) is 14.4. The molecule has 0 bridgehead atoms. The minimum absolute atomic E-state index is 0.0488. The van der Waals surface area contributed by atoms with Gasteiger partial charge in [0.2, 0.25) is 0 Å². The fourth-order valence-corrected chi connectivity index (χ4v) is 2.46. The number of pyridine rings is 1. The molecule has 1 aliphatic carbocycles. The van der Waals surface area contributed by atoms with Crippen LogP contribution in [0.5, 0.6) is 0 Å². The Morgan fingerprint density at radius 3 is 2.65 bits per heavy atom. The fourth-order valence-electron chi connectivity index (χ4n) is 2.46. The largest absolute Gasteiger partial charge is 0.384 e. The molecule has 0 aromatic carbocycles. The lowest BCUT2D eigenvalue weighted by Gasteiger charge is -2.22. The normalized spacial score (nSPS) is 16.1. The van der Waals surface area contributed by atoms with Crippen LogP contribution in [0, 0.1) is 5.92 Å². The summed E-state index contributed by atoms with van der Waals surface area (Å²) in [4.78, 5) is 16.3. The molecule has 4 nitrogen and oxygen atoms in total. The van der Waals surface area contributed by atoms with E-state index in [9.17, 15) is 4.79 Å². The topological polar surface area (TPSA) is 54.0 Å². The Balaban J connectivity index is 1.86. The van der Waals surface area contributed by atoms with Crippen molar-refractivity contribution >= 4 is 11.6 Å². The second-order valence-electron chi connectivity index (χ2n) is 6.02. The summed E-state index contributed by atoms with van der Waals surface area (Å²) >= 11 is 0. The van der Waals surface area contributed by atoms with Crippen LogP contribution in [0.4, 0.5) is 5.69 Å². The van der Waals surface area contributed by atoms with E-state index in [1.807, 2.05) is 6.07 Å². The van der Waals surface area contributed by atoms with E-state index in [-0.39, 0.29) is 5.91 Å². The monoisotopic (exact) mass is 275 g/mol. The number of anilines is 1. The molecule has 1 fully saturated rings. The van der Waals surface area contributed by atoms with Crippen LogP contribution >= 0.6 is 0 Å². The molecule has 1 amide bonds. The Kier molecular flexibility index (Phi) is 5.39. The first-order valence-corrected chi connectivity index (χ1v) is 7.66. The van der Waals surface area contributed by atoms with Crippen LogP contribution in [0.25, 0.3) is 0 Å². The highest BCUT2D eigenvalue weighted by Crippen LogP contribution is 2.17. The summed E-state index contributed by atoms with van der Waals surface area (Å²) in [5.41, 5.74) is 1.47. The summed E-state index contributed by atoms with van der Waals surface area (Å²) in [5.74, 6) is 0.539. The Morgan fingerprint density at radius 2 is 2.05 bits per heavy atom. The van der Waals surface area contributed by atoms with Crippen molar-refractivity contribution in [2.24, 2.45) is 5.92 Å². The highest BCUT2D eigenvalue weighted by molar-refractivity contribution is 5.92. The second kappa shape index (κ2) is 7.27. The van der Waals surface area contributed by atoms with E-state index < -0.39 is 0 Å². The van der Waals surface area contributed by atoms with E-state index in [0.717, 1.165) is 25.1 Å². The number of amides is 1. The number of hydrogen-bond acceptors (Lipinski definition) is 3. The molecule has 0 aliphatic heterocycles. The molecule has 4 heteroatoms. The maximum absolute atomic E-state index is 12.1. The molecular weight excluding hydrogens is 250 g/mol. The van der Waals surface area contributed by atoms with Gasteiger partial charge in [0, 0.05) is 12.6 Å². The SMILES string of the molecule is CC(C)CNc1ccc(C(=O)NC2CCCCC2)nc1. The average Bonchev–Trinajstić information content (AvgIpc) is 2.46. The first kappa shape index (κ1) is 14.8. The molecular formula is C16H25N3O. The first-order valence-electron chi connectivity index (χ1n) is 7.66. The standard InChI is InChI=1S/C16H25N3O/c1-12(2)10-17-14-8-9-15(18-11-14)16(20)19-13-6-4-3-5-7-13/h8-9,11-13,17H,3-7,10H2,1-2H3,(H,19,20). The highest BCUT2D eigenvalue weighted by atomic mass is 16.1. The van der Waals surface area contributed by atoms with E-state index in [1.54, 1.807) is 12.3 Å². The quantitative estimate of drug-likeness (QED) is 0.867. The molecule has 1 aromatic rings. The van der Waals surface area contributed by atoms with E-state index in [0.29, 0.717) is 17.7 Å². The van der Waals surface area contributed by atoms with Crippen LogP contribution in [0.2, 0.25) is 0 Å². The van der Waals surface area contributed by atoms with Crippen LogP contribution in [0.15, 0.2) is 18.3 Å². The van der Waals surface area contributed by atoms with Crippen molar-refractivity contribution in [3.8, 4) is 0 Å². The maximum Gasteiger partial charge on any atom is 0.270 e. The van der Waals surface area contributed by atoms with Gasteiger partial charge in [-0.2, -0.15) is 0 Å². The Morgan fingerprint density at radius 1 is 1.30 bits per heavy atom. The number of carbonyl (C=O) groups excluding carboxylic acids is 1. The average molecular weight is 275 g/mol. The van der Waals surface area contributed by atoms with Gasteiger partial charge in [-0.1, -0.05) is 33.1 Å². The van der Waals surface area contributed by atoms with Crippen molar-refractivity contribution < 1.29 is 4.79 Å². The summed E-state index contributed by atoms with van der Waals surface area (Å²) in [6.07, 6.45) is 7.66. The lowest BCUT2D eigenvalue weighted by Crippen LogP contribution is -2.36. The number of carbonyl (C=O) groups is 1. The predicted octanol–water partition coefficient (Wildman–Crippen LogP) is 3.21. The van der Waals surface area contributed by atoms with Gasteiger partial charge in [-0.25, -0.2) is 4.98 Å². The van der Waals surface area contributed by atoms with Gasteiger partial charge in [0.15, 0.2) is 0 Å². The van der Waals surface area contributed by atoms with Crippen molar-refractivity contribution in [2.45, 2.75) is 52.0 Å². The molecule has 0 unspecified atom stereocenters. The van der Waals surface area contributed by atoms with E-state index >= 15 is 0 Å². The van der Waals surface area contributed by atoms with E-state index in [4.69, 9.17) is 0 Å². The molecule has 1 aromatic heterocycles. The zero-order valence-electron chi connectivity index (χ0n) is 12.5. The maximum atomic E-state index is 12.1. The Hall–Kier alpha value is -1.58.